The Kier molecular flexibility index (Phi) is 7.26. The molecule has 5 nitrogen and oxygen atoms in total. The summed E-state index contributed by atoms with van der Waals surface area (Å²) in [5.74, 6) is 0.728. The van der Waals surface area contributed by atoms with Crippen molar-refractivity contribution < 1.29 is 14.3 Å². The molecule has 7 heteroatoms. The van der Waals surface area contributed by atoms with Gasteiger partial charge in [-0.15, -0.1) is 0 Å². The standard InChI is InChI=1S/C16H21BrN2O3S/c1-3-4-5-12(17)15(20)19-16-18-13-7-6-11(10-14(13)23-16)22-9-8-21-2/h6-7,10,12H,3-5,8-9H2,1-2H3,(H,18,19,20)/t12-/m1/s1. The number of nitrogens with one attached hydrogen (secondary N) is 1. The van der Waals surface area contributed by atoms with Crippen molar-refractivity contribution in [3.8, 4) is 5.75 Å². The predicted molar refractivity (Wildman–Crippen MR) is 97.9 cm³/mol. The lowest BCUT2D eigenvalue weighted by Crippen LogP contribution is -2.22. The second-order valence-electron chi connectivity index (χ2n) is 5.09. The van der Waals surface area contributed by atoms with Gasteiger partial charge >= 0.3 is 0 Å². The number of methoxy groups -OCH3 is 1. The molecule has 23 heavy (non-hydrogen) atoms. The minimum atomic E-state index is -0.178. The highest BCUT2D eigenvalue weighted by atomic mass is 79.9. The highest BCUT2D eigenvalue weighted by molar-refractivity contribution is 9.10. The zero-order valence-electron chi connectivity index (χ0n) is 13.3. The molecule has 0 fully saturated rings. The molecule has 1 aromatic heterocycles. The summed E-state index contributed by atoms with van der Waals surface area (Å²) in [5.41, 5.74) is 0.851. The number of benzene rings is 1. The lowest BCUT2D eigenvalue weighted by molar-refractivity contribution is -0.115. The van der Waals surface area contributed by atoms with Gasteiger partial charge in [-0.2, -0.15) is 0 Å². The number of rotatable bonds is 9. The summed E-state index contributed by atoms with van der Waals surface area (Å²) in [6.45, 7) is 3.16. The molecule has 2 aromatic rings. The van der Waals surface area contributed by atoms with Gasteiger partial charge in [-0.25, -0.2) is 4.98 Å². The van der Waals surface area contributed by atoms with E-state index in [-0.39, 0.29) is 10.7 Å². The van der Waals surface area contributed by atoms with Crippen LogP contribution in [0.1, 0.15) is 26.2 Å². The number of nitrogens with zero attached hydrogens (tertiary/aromatic N) is 1. The van der Waals surface area contributed by atoms with E-state index in [2.05, 4.69) is 33.2 Å². The number of anilines is 1. The largest absolute Gasteiger partial charge is 0.491 e. The van der Waals surface area contributed by atoms with Gasteiger partial charge in [0.1, 0.15) is 12.4 Å². The van der Waals surface area contributed by atoms with E-state index in [9.17, 15) is 4.79 Å². The number of alkyl halides is 1. The molecule has 0 unspecified atom stereocenters. The monoisotopic (exact) mass is 400 g/mol. The molecule has 0 saturated carbocycles. The van der Waals surface area contributed by atoms with Crippen molar-refractivity contribution in [2.75, 3.05) is 25.6 Å². The highest BCUT2D eigenvalue weighted by Crippen LogP contribution is 2.29. The Balaban J connectivity index is 2.00. The molecule has 1 N–H and O–H groups in total. The van der Waals surface area contributed by atoms with Crippen LogP contribution < -0.4 is 10.1 Å². The molecule has 0 bridgehead atoms. The lowest BCUT2D eigenvalue weighted by atomic mass is 10.2. The van der Waals surface area contributed by atoms with Crippen LogP contribution in [-0.2, 0) is 9.53 Å². The van der Waals surface area contributed by atoms with Crippen LogP contribution in [0, 0.1) is 0 Å². The number of carbonyl (C=O) groups excluding carboxylic acids is 1. The van der Waals surface area contributed by atoms with Gasteiger partial charge in [0.25, 0.3) is 0 Å². The molecule has 0 saturated heterocycles. The Bertz CT molecular complexity index is 647. The van der Waals surface area contributed by atoms with Crippen LogP contribution in [0.4, 0.5) is 5.13 Å². The minimum Gasteiger partial charge on any atom is -0.491 e. The first-order chi connectivity index (χ1) is 11.1. The third-order valence-corrected chi connectivity index (χ3v) is 5.05. The van der Waals surface area contributed by atoms with Crippen LogP contribution >= 0.6 is 27.3 Å². The fourth-order valence-corrected chi connectivity index (χ4v) is 3.32. The summed E-state index contributed by atoms with van der Waals surface area (Å²) in [6.07, 6.45) is 2.92. The van der Waals surface area contributed by atoms with E-state index in [1.807, 2.05) is 18.2 Å². The first-order valence-electron chi connectivity index (χ1n) is 7.61. The summed E-state index contributed by atoms with van der Waals surface area (Å²) >= 11 is 4.87. The predicted octanol–water partition coefficient (Wildman–Crippen LogP) is 4.21. The molecular formula is C16H21BrN2O3S. The number of ether oxygens (including phenoxy) is 2. The summed E-state index contributed by atoms with van der Waals surface area (Å²) in [4.78, 5) is 16.4. The Hall–Kier alpha value is -1.18. The fourth-order valence-electron chi connectivity index (χ4n) is 1.99. The molecule has 2 rings (SSSR count). The SMILES string of the molecule is CCCC[C@@H](Br)C(=O)Nc1nc2ccc(OCCOC)cc2s1. The molecule has 1 heterocycles. The van der Waals surface area contributed by atoms with Gasteiger partial charge in [0.2, 0.25) is 5.91 Å². The van der Waals surface area contributed by atoms with Gasteiger partial charge in [-0.1, -0.05) is 47.0 Å². The Morgan fingerprint density at radius 3 is 3.00 bits per heavy atom. The summed E-state index contributed by atoms with van der Waals surface area (Å²) in [5, 5.41) is 3.48. The number of amides is 1. The molecule has 1 aromatic carbocycles. The number of aromatic nitrogens is 1. The van der Waals surface area contributed by atoms with Crippen molar-refractivity contribution >= 4 is 48.5 Å². The number of fused-ring (bicyclic) bond motifs is 1. The van der Waals surface area contributed by atoms with E-state index in [0.717, 1.165) is 35.2 Å². The second kappa shape index (κ2) is 9.20. The van der Waals surface area contributed by atoms with E-state index in [1.165, 1.54) is 11.3 Å². The maximum Gasteiger partial charge on any atom is 0.239 e. The average molecular weight is 401 g/mol. The highest BCUT2D eigenvalue weighted by Gasteiger charge is 2.16. The molecule has 1 amide bonds. The Morgan fingerprint density at radius 1 is 1.43 bits per heavy atom. The maximum atomic E-state index is 12.1. The fraction of sp³-hybridized carbons (Fsp3) is 0.500. The van der Waals surface area contributed by atoms with Crippen LogP contribution in [0.25, 0.3) is 10.2 Å². The van der Waals surface area contributed by atoms with Gasteiger partial charge in [0.05, 0.1) is 21.7 Å². The minimum absolute atomic E-state index is 0.0472. The molecule has 126 valence electrons. The summed E-state index contributed by atoms with van der Waals surface area (Å²) < 4.78 is 11.5. The Morgan fingerprint density at radius 2 is 2.26 bits per heavy atom. The van der Waals surface area contributed by atoms with Crippen LogP contribution in [0.2, 0.25) is 0 Å². The topological polar surface area (TPSA) is 60.5 Å². The van der Waals surface area contributed by atoms with Crippen LogP contribution in [-0.4, -0.2) is 36.0 Å². The van der Waals surface area contributed by atoms with Crippen molar-refractivity contribution in [2.45, 2.75) is 31.0 Å². The van der Waals surface area contributed by atoms with Crippen molar-refractivity contribution in [1.82, 2.24) is 4.98 Å². The lowest BCUT2D eigenvalue weighted by Gasteiger charge is -2.07. The zero-order valence-corrected chi connectivity index (χ0v) is 15.7. The maximum absolute atomic E-state index is 12.1. The van der Waals surface area contributed by atoms with Gasteiger partial charge in [0, 0.05) is 7.11 Å². The van der Waals surface area contributed by atoms with Crippen molar-refractivity contribution in [2.24, 2.45) is 0 Å². The van der Waals surface area contributed by atoms with E-state index >= 15 is 0 Å². The zero-order chi connectivity index (χ0) is 16.7. The van der Waals surface area contributed by atoms with Crippen LogP contribution in [0.5, 0.6) is 5.75 Å². The molecule has 1 atom stereocenters. The smallest absolute Gasteiger partial charge is 0.239 e. The number of carbonyl (C=O) groups is 1. The molecule has 0 aliphatic carbocycles. The number of halogens is 1. The molecule has 0 aliphatic rings. The second-order valence-corrected chi connectivity index (χ2v) is 7.22. The first kappa shape index (κ1) is 18.2. The Labute approximate surface area is 148 Å². The van der Waals surface area contributed by atoms with Gasteiger partial charge < -0.3 is 14.8 Å². The van der Waals surface area contributed by atoms with E-state index in [1.54, 1.807) is 7.11 Å². The van der Waals surface area contributed by atoms with Crippen molar-refractivity contribution in [3.63, 3.8) is 0 Å². The number of hydrogen-bond acceptors (Lipinski definition) is 5. The normalized spacial score (nSPS) is 12.3. The quantitative estimate of drug-likeness (QED) is 0.505. The molecular weight excluding hydrogens is 380 g/mol. The van der Waals surface area contributed by atoms with E-state index < -0.39 is 0 Å². The van der Waals surface area contributed by atoms with Crippen LogP contribution in [0.3, 0.4) is 0 Å². The van der Waals surface area contributed by atoms with E-state index in [4.69, 9.17) is 9.47 Å². The third kappa shape index (κ3) is 5.44. The van der Waals surface area contributed by atoms with Gasteiger partial charge in [-0.05, 0) is 24.6 Å². The number of unbranched alkanes of at least 4 members (excludes halogenated alkanes) is 1. The van der Waals surface area contributed by atoms with Crippen LogP contribution in [0.15, 0.2) is 18.2 Å². The van der Waals surface area contributed by atoms with Crippen molar-refractivity contribution in [3.05, 3.63) is 18.2 Å². The summed E-state index contributed by atoms with van der Waals surface area (Å²) in [7, 11) is 1.64. The first-order valence-corrected chi connectivity index (χ1v) is 9.34. The van der Waals surface area contributed by atoms with Crippen molar-refractivity contribution in [1.29, 1.82) is 0 Å². The van der Waals surface area contributed by atoms with Gasteiger partial charge in [0.15, 0.2) is 5.13 Å². The molecule has 0 radical (unpaired) electrons. The number of hydrogen-bond donors (Lipinski definition) is 1. The molecule has 0 aliphatic heterocycles. The number of thiazole rings is 1. The molecule has 0 spiro atoms. The third-order valence-electron chi connectivity index (χ3n) is 3.24. The summed E-state index contributed by atoms with van der Waals surface area (Å²) in [6, 6.07) is 5.70. The average Bonchev–Trinajstić information content (AvgIpc) is 2.94. The van der Waals surface area contributed by atoms with Gasteiger partial charge in [-0.3, -0.25) is 4.79 Å². The van der Waals surface area contributed by atoms with E-state index in [0.29, 0.717) is 18.3 Å².